The van der Waals surface area contributed by atoms with Gasteiger partial charge in [-0.15, -0.1) is 11.3 Å². The number of carbonyl (C=O) groups is 1. The molecule has 0 bridgehead atoms. The predicted octanol–water partition coefficient (Wildman–Crippen LogP) is 6.30. The average molecular weight is 552 g/mol. The highest BCUT2D eigenvalue weighted by Crippen LogP contribution is 2.41. The molecule has 1 saturated carbocycles. The second-order valence-electron chi connectivity index (χ2n) is 9.87. The molecule has 4 aromatic rings. The van der Waals surface area contributed by atoms with E-state index in [1.54, 1.807) is 24.3 Å². The minimum Gasteiger partial charge on any atom is -0.494 e. The Bertz CT molecular complexity index is 1700. The summed E-state index contributed by atoms with van der Waals surface area (Å²) in [5.74, 6) is -0.695. The molecule has 39 heavy (non-hydrogen) atoms. The Labute approximate surface area is 225 Å². The third-order valence-corrected chi connectivity index (χ3v) is 8.34. The van der Waals surface area contributed by atoms with Crippen molar-refractivity contribution < 1.29 is 23.1 Å². The quantitative estimate of drug-likeness (QED) is 0.286. The minimum atomic E-state index is -4.62. The van der Waals surface area contributed by atoms with E-state index in [2.05, 4.69) is 10.3 Å². The normalized spacial score (nSPS) is 15.6. The van der Waals surface area contributed by atoms with Crippen molar-refractivity contribution in [2.75, 3.05) is 0 Å². The van der Waals surface area contributed by atoms with E-state index in [1.807, 2.05) is 0 Å². The second-order valence-corrected chi connectivity index (χ2v) is 11.0. The predicted molar refractivity (Wildman–Crippen MR) is 145 cm³/mol. The first kappa shape index (κ1) is 25.4. The number of hydrogen-bond donors (Lipinski definition) is 2. The van der Waals surface area contributed by atoms with Gasteiger partial charge < -0.3 is 10.4 Å². The van der Waals surface area contributed by atoms with Gasteiger partial charge in [0.25, 0.3) is 11.5 Å². The van der Waals surface area contributed by atoms with Gasteiger partial charge in [-0.25, -0.2) is 9.56 Å². The van der Waals surface area contributed by atoms with Crippen LogP contribution in [0.5, 0.6) is 5.88 Å². The third-order valence-electron chi connectivity index (χ3n) is 7.14. The van der Waals surface area contributed by atoms with Crippen LogP contribution in [0.25, 0.3) is 16.5 Å². The first-order valence-electron chi connectivity index (χ1n) is 12.8. The first-order chi connectivity index (χ1) is 18.7. The second kappa shape index (κ2) is 9.68. The summed E-state index contributed by atoms with van der Waals surface area (Å²) in [5.41, 5.74) is 0.0135. The maximum Gasteiger partial charge on any atom is 0.416 e. The Balaban J connectivity index is 1.51. The number of pyridine rings is 1. The zero-order valence-corrected chi connectivity index (χ0v) is 21.5. The molecule has 0 saturated heterocycles. The summed E-state index contributed by atoms with van der Waals surface area (Å²) < 4.78 is 41.1. The van der Waals surface area contributed by atoms with Gasteiger partial charge in [-0.05, 0) is 68.4 Å². The summed E-state index contributed by atoms with van der Waals surface area (Å²) in [7, 11) is 0. The maximum absolute atomic E-state index is 13.4. The fraction of sp³-hybridized carbons (Fsp3) is 0.276. The molecule has 6 rings (SSSR count). The highest BCUT2D eigenvalue weighted by molar-refractivity contribution is 7.16. The molecule has 0 aliphatic heterocycles. The van der Waals surface area contributed by atoms with Crippen molar-refractivity contribution in [3.8, 4) is 11.6 Å². The van der Waals surface area contributed by atoms with Crippen molar-refractivity contribution in [1.29, 1.82) is 0 Å². The smallest absolute Gasteiger partial charge is 0.416 e. The SMILES string of the molecule is O=C(NC1CC1)c1c(N=Cc2c(O)n(-c3cccc(C(F)(F)F)c3)c(=O)c3ccccc23)sc2c1CCCC2. The molecule has 200 valence electrons. The number of carbonyl (C=O) groups excluding carboxylic acids is 1. The van der Waals surface area contributed by atoms with Crippen molar-refractivity contribution in [3.05, 3.63) is 86.0 Å². The van der Waals surface area contributed by atoms with Crippen LogP contribution in [0.3, 0.4) is 0 Å². The Hall–Kier alpha value is -3.92. The van der Waals surface area contributed by atoms with Gasteiger partial charge >= 0.3 is 6.18 Å². The number of thiophene rings is 1. The largest absolute Gasteiger partial charge is 0.494 e. The van der Waals surface area contributed by atoms with Crippen molar-refractivity contribution >= 4 is 39.2 Å². The molecular formula is C29H24F3N3O3S. The molecule has 2 N–H and O–H groups in total. The van der Waals surface area contributed by atoms with E-state index in [0.29, 0.717) is 16.0 Å². The number of amides is 1. The fourth-order valence-corrected chi connectivity index (χ4v) is 6.27. The van der Waals surface area contributed by atoms with Crippen LogP contribution in [0.2, 0.25) is 0 Å². The lowest BCUT2D eigenvalue weighted by atomic mass is 9.95. The molecule has 2 aromatic carbocycles. The summed E-state index contributed by atoms with van der Waals surface area (Å²) in [4.78, 5) is 32.3. The molecule has 6 nitrogen and oxygen atoms in total. The number of hydrogen-bond acceptors (Lipinski definition) is 5. The zero-order chi connectivity index (χ0) is 27.3. The van der Waals surface area contributed by atoms with Gasteiger partial charge in [0.15, 0.2) is 0 Å². The topological polar surface area (TPSA) is 83.7 Å². The van der Waals surface area contributed by atoms with E-state index < -0.39 is 23.2 Å². The molecule has 10 heteroatoms. The maximum atomic E-state index is 13.4. The number of aromatic nitrogens is 1. The van der Waals surface area contributed by atoms with E-state index in [0.717, 1.165) is 65.7 Å². The van der Waals surface area contributed by atoms with Crippen molar-refractivity contribution in [3.63, 3.8) is 0 Å². The number of rotatable bonds is 5. The van der Waals surface area contributed by atoms with Crippen LogP contribution in [0, 0.1) is 0 Å². The van der Waals surface area contributed by atoms with Crippen LogP contribution < -0.4 is 10.9 Å². The van der Waals surface area contributed by atoms with Gasteiger partial charge in [-0.1, -0.05) is 24.3 Å². The minimum absolute atomic E-state index is 0.121. The number of aromatic hydroxyl groups is 1. The van der Waals surface area contributed by atoms with E-state index >= 15 is 0 Å². The van der Waals surface area contributed by atoms with Gasteiger partial charge in [0, 0.05) is 27.9 Å². The number of benzene rings is 2. The number of aryl methyl sites for hydroxylation is 1. The molecule has 0 unspecified atom stereocenters. The number of fused-ring (bicyclic) bond motifs is 2. The monoisotopic (exact) mass is 551 g/mol. The van der Waals surface area contributed by atoms with Crippen LogP contribution in [0.1, 0.15) is 57.6 Å². The lowest BCUT2D eigenvalue weighted by Gasteiger charge is -2.15. The lowest BCUT2D eigenvalue weighted by Crippen LogP contribution is -2.26. The number of aliphatic imine (C=N–C) groups is 1. The van der Waals surface area contributed by atoms with Crippen LogP contribution in [-0.2, 0) is 19.0 Å². The molecule has 1 fully saturated rings. The lowest BCUT2D eigenvalue weighted by molar-refractivity contribution is -0.137. The number of halogens is 3. The Morgan fingerprint density at radius 3 is 2.56 bits per heavy atom. The Morgan fingerprint density at radius 2 is 1.82 bits per heavy atom. The van der Waals surface area contributed by atoms with E-state index in [4.69, 9.17) is 0 Å². The van der Waals surface area contributed by atoms with Gasteiger partial charge in [-0.2, -0.15) is 13.2 Å². The highest BCUT2D eigenvalue weighted by atomic mass is 32.1. The molecule has 2 heterocycles. The molecule has 0 spiro atoms. The molecule has 2 aliphatic carbocycles. The molecule has 0 radical (unpaired) electrons. The Kier molecular flexibility index (Phi) is 6.29. The van der Waals surface area contributed by atoms with E-state index in [-0.39, 0.29) is 28.6 Å². The van der Waals surface area contributed by atoms with Crippen LogP contribution in [0.4, 0.5) is 18.2 Å². The van der Waals surface area contributed by atoms with Gasteiger partial charge in [0.1, 0.15) is 5.00 Å². The summed E-state index contributed by atoms with van der Waals surface area (Å²) in [5, 5.41) is 15.5. The molecule has 0 atom stereocenters. The molecule has 2 aromatic heterocycles. The summed E-state index contributed by atoms with van der Waals surface area (Å²) in [6.07, 6.45) is 2.37. The van der Waals surface area contributed by atoms with E-state index in [1.165, 1.54) is 29.7 Å². The van der Waals surface area contributed by atoms with E-state index in [9.17, 15) is 27.9 Å². The Morgan fingerprint density at radius 1 is 1.08 bits per heavy atom. The zero-order valence-electron chi connectivity index (χ0n) is 20.7. The van der Waals surface area contributed by atoms with Crippen molar-refractivity contribution in [2.45, 2.75) is 50.7 Å². The van der Waals surface area contributed by atoms with Gasteiger partial charge in [-0.3, -0.25) is 9.59 Å². The summed E-state index contributed by atoms with van der Waals surface area (Å²) in [6, 6.07) is 11.0. The summed E-state index contributed by atoms with van der Waals surface area (Å²) in [6.45, 7) is 0. The summed E-state index contributed by atoms with van der Waals surface area (Å²) >= 11 is 1.44. The molecule has 1 amide bonds. The van der Waals surface area contributed by atoms with Crippen LogP contribution in [-0.4, -0.2) is 27.8 Å². The van der Waals surface area contributed by atoms with Crippen molar-refractivity contribution in [1.82, 2.24) is 9.88 Å². The standard InChI is InChI=1S/C29H24F3N3O3S/c30-29(31,32)16-6-5-7-18(14-16)35-27(37)20-9-2-1-8-19(20)22(28(35)38)15-33-26-24(25(36)34-17-12-13-17)21-10-3-4-11-23(21)39-26/h1-2,5-9,14-15,17,38H,3-4,10-13H2,(H,34,36). The highest BCUT2D eigenvalue weighted by Gasteiger charge is 2.32. The number of alkyl halides is 3. The first-order valence-corrected chi connectivity index (χ1v) is 13.6. The van der Waals surface area contributed by atoms with Gasteiger partial charge in [0.2, 0.25) is 5.88 Å². The number of nitrogens with zero attached hydrogens (tertiary/aromatic N) is 2. The van der Waals surface area contributed by atoms with Crippen molar-refractivity contribution in [2.24, 2.45) is 4.99 Å². The van der Waals surface area contributed by atoms with Crippen LogP contribution >= 0.6 is 11.3 Å². The number of nitrogens with one attached hydrogen (secondary N) is 1. The molecule has 2 aliphatic rings. The fourth-order valence-electron chi connectivity index (χ4n) is 5.04. The van der Waals surface area contributed by atoms with Crippen LogP contribution in [0.15, 0.2) is 58.3 Å². The average Bonchev–Trinajstić information content (AvgIpc) is 3.65. The van der Waals surface area contributed by atoms with Gasteiger partial charge in [0.05, 0.1) is 22.4 Å². The molecular weight excluding hydrogens is 527 g/mol. The third kappa shape index (κ3) is 4.73.